The fraction of sp³-hybridized carbons (Fsp3) is 1.00. The van der Waals surface area contributed by atoms with E-state index in [4.69, 9.17) is 0 Å². The molecule has 0 fully saturated rings. The van der Waals surface area contributed by atoms with Crippen LogP contribution in [0.25, 0.3) is 5.43 Å². The molecule has 1 atom stereocenters. The van der Waals surface area contributed by atoms with Crippen LogP contribution in [0.15, 0.2) is 10.2 Å². The van der Waals surface area contributed by atoms with E-state index in [0.717, 1.165) is 25.9 Å². The molecule has 90 valence electrons. The molecule has 0 aliphatic heterocycles. The van der Waals surface area contributed by atoms with Crippen LogP contribution in [0.3, 0.4) is 0 Å². The monoisotopic (exact) mass is 214 g/mol. The largest absolute Gasteiger partial charge is 0.447 e. The maximum absolute atomic E-state index is 4.66. The first kappa shape index (κ1) is 14.5. The summed E-state index contributed by atoms with van der Waals surface area (Å²) in [6.07, 6.45) is 2.18. The molecular formula is C11H26N4. The number of nitrogens with one attached hydrogen (secondary N) is 1. The Morgan fingerprint density at radius 3 is 2.20 bits per heavy atom. The number of azo groups is 1. The van der Waals surface area contributed by atoms with Crippen molar-refractivity contribution in [2.75, 3.05) is 19.8 Å². The van der Waals surface area contributed by atoms with Crippen LogP contribution in [0.4, 0.5) is 0 Å². The van der Waals surface area contributed by atoms with Crippen LogP contribution in [-0.2, 0) is 0 Å². The first-order valence-corrected chi connectivity index (χ1v) is 5.90. The molecule has 0 aromatic carbocycles. The van der Waals surface area contributed by atoms with Gasteiger partial charge in [-0.3, -0.25) is 0 Å². The zero-order chi connectivity index (χ0) is 11.7. The van der Waals surface area contributed by atoms with Crippen LogP contribution in [-0.4, -0.2) is 25.3 Å². The Kier molecular flexibility index (Phi) is 7.52. The van der Waals surface area contributed by atoms with Crippen molar-refractivity contribution in [1.29, 1.82) is 0 Å². The van der Waals surface area contributed by atoms with E-state index in [9.17, 15) is 0 Å². The minimum Gasteiger partial charge on any atom is -0.447 e. The summed E-state index contributed by atoms with van der Waals surface area (Å²) in [4.78, 5) is 0. The summed E-state index contributed by atoms with van der Waals surface area (Å²) in [5.74, 6) is 0. The van der Waals surface area contributed by atoms with Crippen molar-refractivity contribution in [2.45, 2.75) is 53.0 Å². The molecule has 0 aliphatic carbocycles. The molecule has 4 heteroatoms. The molecule has 4 nitrogen and oxygen atoms in total. The Morgan fingerprint density at radius 2 is 1.73 bits per heavy atom. The van der Waals surface area contributed by atoms with Gasteiger partial charge in [0.1, 0.15) is 0 Å². The average molecular weight is 214 g/mol. The van der Waals surface area contributed by atoms with Crippen molar-refractivity contribution in [3.8, 4) is 0 Å². The van der Waals surface area contributed by atoms with Gasteiger partial charge in [0.05, 0.1) is 13.1 Å². The van der Waals surface area contributed by atoms with E-state index in [1.807, 2.05) is 0 Å². The van der Waals surface area contributed by atoms with E-state index in [-0.39, 0.29) is 5.54 Å². The standard InChI is InChI=1S/C11H26N4/c1-6-8-12-13-10-15(9-7-2)14-11(3,4)5/h15H,6-10H2,1-5H3. The second-order valence-electron chi connectivity index (χ2n) is 4.76. The summed E-state index contributed by atoms with van der Waals surface area (Å²) in [7, 11) is 0. The van der Waals surface area contributed by atoms with Gasteiger partial charge in [-0.1, -0.05) is 40.2 Å². The number of quaternary nitrogens is 1. The molecule has 0 aromatic heterocycles. The van der Waals surface area contributed by atoms with Crippen molar-refractivity contribution < 1.29 is 5.01 Å². The van der Waals surface area contributed by atoms with E-state index in [2.05, 4.69) is 50.3 Å². The average Bonchev–Trinajstić information content (AvgIpc) is 2.10. The van der Waals surface area contributed by atoms with Gasteiger partial charge < -0.3 is 10.4 Å². The van der Waals surface area contributed by atoms with Gasteiger partial charge in [0.15, 0.2) is 6.67 Å². The van der Waals surface area contributed by atoms with Gasteiger partial charge >= 0.3 is 0 Å². The Balaban J connectivity index is 3.93. The van der Waals surface area contributed by atoms with E-state index in [1.165, 1.54) is 5.01 Å². The van der Waals surface area contributed by atoms with Crippen molar-refractivity contribution >= 4 is 0 Å². The number of hydrogen-bond acceptors (Lipinski definition) is 2. The Bertz CT molecular complexity index is 172. The van der Waals surface area contributed by atoms with E-state index < -0.39 is 0 Å². The second-order valence-corrected chi connectivity index (χ2v) is 4.76. The molecule has 0 bridgehead atoms. The summed E-state index contributed by atoms with van der Waals surface area (Å²) in [5, 5.41) is 9.42. The minimum absolute atomic E-state index is 0.00474. The van der Waals surface area contributed by atoms with Gasteiger partial charge in [0.2, 0.25) is 0 Å². The summed E-state index contributed by atoms with van der Waals surface area (Å²) in [6.45, 7) is 13.2. The number of rotatable bonds is 7. The third kappa shape index (κ3) is 9.82. The SMILES string of the molecule is CCCN=NC[NH+](CCC)[N-]C(C)(C)C. The molecular weight excluding hydrogens is 188 g/mol. The van der Waals surface area contributed by atoms with Gasteiger partial charge in [-0.15, -0.1) is 5.11 Å². The Morgan fingerprint density at radius 1 is 1.07 bits per heavy atom. The summed E-state index contributed by atoms with van der Waals surface area (Å²) in [6, 6.07) is 0. The summed E-state index contributed by atoms with van der Waals surface area (Å²) >= 11 is 0. The smallest absolute Gasteiger partial charge is 0.181 e. The maximum Gasteiger partial charge on any atom is 0.181 e. The predicted octanol–water partition coefficient (Wildman–Crippen LogP) is 2.19. The van der Waals surface area contributed by atoms with E-state index in [1.54, 1.807) is 0 Å². The molecule has 0 heterocycles. The van der Waals surface area contributed by atoms with Crippen LogP contribution in [0.2, 0.25) is 0 Å². The number of nitrogens with zero attached hydrogens (tertiary/aromatic N) is 3. The third-order valence-corrected chi connectivity index (χ3v) is 1.71. The van der Waals surface area contributed by atoms with Crippen molar-refractivity contribution in [2.24, 2.45) is 10.2 Å². The lowest BCUT2D eigenvalue weighted by atomic mass is 10.1. The lowest BCUT2D eigenvalue weighted by Crippen LogP contribution is -3.08. The summed E-state index contributed by atoms with van der Waals surface area (Å²) < 4.78 is 0. The van der Waals surface area contributed by atoms with Crippen LogP contribution in [0.5, 0.6) is 0 Å². The first-order chi connectivity index (χ1) is 6.99. The van der Waals surface area contributed by atoms with E-state index >= 15 is 0 Å². The maximum atomic E-state index is 4.66. The Labute approximate surface area is 94.1 Å². The molecule has 1 unspecified atom stereocenters. The highest BCUT2D eigenvalue weighted by atomic mass is 15.6. The quantitative estimate of drug-likeness (QED) is 0.499. The molecule has 15 heavy (non-hydrogen) atoms. The molecule has 0 saturated heterocycles. The lowest BCUT2D eigenvalue weighted by molar-refractivity contribution is -0.866. The Hall–Kier alpha value is -0.480. The fourth-order valence-corrected chi connectivity index (χ4v) is 1.24. The van der Waals surface area contributed by atoms with Crippen LogP contribution < -0.4 is 5.01 Å². The van der Waals surface area contributed by atoms with Gasteiger partial charge in [0, 0.05) is 0 Å². The predicted molar refractivity (Wildman–Crippen MR) is 64.1 cm³/mol. The lowest BCUT2D eigenvalue weighted by Gasteiger charge is -2.40. The molecule has 0 amide bonds. The fourth-order valence-electron chi connectivity index (χ4n) is 1.24. The highest BCUT2D eigenvalue weighted by Gasteiger charge is 2.05. The molecule has 0 aromatic rings. The van der Waals surface area contributed by atoms with Gasteiger partial charge in [-0.05, 0) is 12.8 Å². The molecule has 0 radical (unpaired) electrons. The minimum atomic E-state index is 0.00474. The molecule has 0 spiro atoms. The molecule has 0 aliphatic rings. The highest BCUT2D eigenvalue weighted by molar-refractivity contribution is 4.85. The third-order valence-electron chi connectivity index (χ3n) is 1.71. The zero-order valence-corrected chi connectivity index (χ0v) is 10.9. The van der Waals surface area contributed by atoms with Crippen LogP contribution >= 0.6 is 0 Å². The van der Waals surface area contributed by atoms with Crippen LogP contribution in [0.1, 0.15) is 47.5 Å². The van der Waals surface area contributed by atoms with Gasteiger partial charge in [-0.2, -0.15) is 5.11 Å². The highest BCUT2D eigenvalue weighted by Crippen LogP contribution is 2.07. The van der Waals surface area contributed by atoms with Gasteiger partial charge in [-0.25, -0.2) is 0 Å². The molecule has 0 rings (SSSR count). The van der Waals surface area contributed by atoms with Crippen LogP contribution in [0, 0.1) is 0 Å². The van der Waals surface area contributed by atoms with Gasteiger partial charge in [0.25, 0.3) is 0 Å². The normalized spacial score (nSPS) is 14.7. The first-order valence-electron chi connectivity index (χ1n) is 5.90. The molecule has 1 N–H and O–H groups in total. The summed E-state index contributed by atoms with van der Waals surface area (Å²) in [5.41, 5.74) is 4.66. The zero-order valence-electron chi connectivity index (χ0n) is 10.9. The van der Waals surface area contributed by atoms with Crippen molar-refractivity contribution in [3.05, 3.63) is 5.43 Å². The van der Waals surface area contributed by atoms with Crippen molar-refractivity contribution in [3.63, 3.8) is 0 Å². The number of hydrogen-bond donors (Lipinski definition) is 1. The topological polar surface area (TPSA) is 43.3 Å². The second kappa shape index (κ2) is 7.77. The van der Waals surface area contributed by atoms with E-state index in [0.29, 0.717) is 6.67 Å². The van der Waals surface area contributed by atoms with Crippen molar-refractivity contribution in [1.82, 2.24) is 0 Å². The molecule has 0 saturated carbocycles.